The Morgan fingerprint density at radius 3 is 2.41 bits per heavy atom. The van der Waals surface area contributed by atoms with Crippen LogP contribution in [0.15, 0.2) is 65.3 Å². The number of nitrogens with zero attached hydrogens (tertiary/aromatic N) is 2. The van der Waals surface area contributed by atoms with Gasteiger partial charge < -0.3 is 19.7 Å². The van der Waals surface area contributed by atoms with Gasteiger partial charge in [-0.2, -0.15) is 0 Å². The number of nitrogens with one attached hydrogen (secondary N) is 1. The van der Waals surface area contributed by atoms with Gasteiger partial charge in [-0.1, -0.05) is 42.5 Å². The molecular formula is C25H24FN3O5. The molecule has 0 spiro atoms. The fourth-order valence-corrected chi connectivity index (χ4v) is 3.81. The van der Waals surface area contributed by atoms with Gasteiger partial charge >= 0.3 is 5.97 Å². The second-order valence-corrected chi connectivity index (χ2v) is 8.13. The number of benzene rings is 2. The number of halogens is 1. The minimum Gasteiger partial charge on any atom is -0.481 e. The topological polar surface area (TPSA) is 113 Å². The molecule has 9 heteroatoms. The van der Waals surface area contributed by atoms with Crippen molar-refractivity contribution in [2.45, 2.75) is 25.6 Å². The number of carbonyl (C=O) groups is 3. The number of carbonyl (C=O) groups excluding carboxylic acids is 2. The number of carboxylic acids is 1. The van der Waals surface area contributed by atoms with Gasteiger partial charge in [-0.05, 0) is 36.1 Å². The number of piperidine rings is 1. The van der Waals surface area contributed by atoms with E-state index in [9.17, 15) is 18.8 Å². The van der Waals surface area contributed by atoms with Crippen molar-refractivity contribution in [3.63, 3.8) is 0 Å². The molecule has 2 amide bonds. The van der Waals surface area contributed by atoms with Crippen LogP contribution in [-0.2, 0) is 16.1 Å². The van der Waals surface area contributed by atoms with Gasteiger partial charge in [-0.3, -0.25) is 14.4 Å². The normalized spacial score (nSPS) is 15.0. The maximum Gasteiger partial charge on any atom is 0.306 e. The fraction of sp³-hybridized carbons (Fsp3) is 0.280. The van der Waals surface area contributed by atoms with Crippen LogP contribution in [0.3, 0.4) is 0 Å². The highest BCUT2D eigenvalue weighted by molar-refractivity contribution is 5.92. The van der Waals surface area contributed by atoms with Crippen molar-refractivity contribution in [3.8, 4) is 11.5 Å². The van der Waals surface area contributed by atoms with Gasteiger partial charge in [0, 0.05) is 25.2 Å². The van der Waals surface area contributed by atoms with E-state index < -0.39 is 24.0 Å². The lowest BCUT2D eigenvalue weighted by Gasteiger charge is -2.29. The third-order valence-corrected chi connectivity index (χ3v) is 5.84. The van der Waals surface area contributed by atoms with E-state index >= 15 is 0 Å². The molecule has 3 aromatic rings. The zero-order valence-electron chi connectivity index (χ0n) is 18.3. The summed E-state index contributed by atoms with van der Waals surface area (Å²) in [5.74, 6) is -1.99. The van der Waals surface area contributed by atoms with Crippen LogP contribution < -0.4 is 5.32 Å². The summed E-state index contributed by atoms with van der Waals surface area (Å²) in [6.07, 6.45) is 0.384. The summed E-state index contributed by atoms with van der Waals surface area (Å²) in [6, 6.07) is 15.2. The molecule has 176 valence electrons. The summed E-state index contributed by atoms with van der Waals surface area (Å²) in [7, 11) is 0. The van der Waals surface area contributed by atoms with Crippen LogP contribution in [0.5, 0.6) is 0 Å². The standard InChI is InChI=1S/C25H24FN3O5/c26-21(17-4-2-1-3-5-17)22(30)27-14-16-6-8-18(9-7-16)23-28-20(15-34-23)24(31)29-12-10-19(11-13-29)25(32)33/h1-9,15,19,21H,10-14H2,(H,27,30)(H,32,33). The Morgan fingerprint density at radius 1 is 1.09 bits per heavy atom. The Kier molecular flexibility index (Phi) is 7.01. The van der Waals surface area contributed by atoms with Gasteiger partial charge in [0.05, 0.1) is 5.92 Å². The number of hydrogen-bond acceptors (Lipinski definition) is 5. The molecule has 34 heavy (non-hydrogen) atoms. The summed E-state index contributed by atoms with van der Waals surface area (Å²) in [4.78, 5) is 41.7. The van der Waals surface area contributed by atoms with E-state index in [1.807, 2.05) is 0 Å². The largest absolute Gasteiger partial charge is 0.481 e. The van der Waals surface area contributed by atoms with Crippen molar-refractivity contribution in [2.24, 2.45) is 5.92 Å². The smallest absolute Gasteiger partial charge is 0.306 e. The Balaban J connectivity index is 1.32. The molecule has 1 aromatic heterocycles. The number of oxazole rings is 1. The summed E-state index contributed by atoms with van der Waals surface area (Å²) in [6.45, 7) is 0.888. The van der Waals surface area contributed by atoms with Crippen LogP contribution in [0.1, 0.15) is 40.6 Å². The van der Waals surface area contributed by atoms with Gasteiger partial charge in [0.15, 0.2) is 5.69 Å². The second kappa shape index (κ2) is 10.3. The first kappa shape index (κ1) is 23.2. The van der Waals surface area contributed by atoms with Crippen LogP contribution >= 0.6 is 0 Å². The number of likely N-dealkylation sites (tertiary alicyclic amines) is 1. The first-order valence-electron chi connectivity index (χ1n) is 11.0. The molecule has 1 aliphatic heterocycles. The Bertz CT molecular complexity index is 1150. The molecule has 1 aliphatic rings. The summed E-state index contributed by atoms with van der Waals surface area (Å²) in [5.41, 5.74) is 1.87. The van der Waals surface area contributed by atoms with E-state index in [0.717, 1.165) is 5.56 Å². The van der Waals surface area contributed by atoms with Gasteiger partial charge in [-0.15, -0.1) is 0 Å². The maximum absolute atomic E-state index is 14.3. The summed E-state index contributed by atoms with van der Waals surface area (Å²) < 4.78 is 19.8. The van der Waals surface area contributed by atoms with Crippen LogP contribution in [0, 0.1) is 5.92 Å². The highest BCUT2D eigenvalue weighted by atomic mass is 19.1. The number of aliphatic carboxylic acids is 1. The Morgan fingerprint density at radius 2 is 1.76 bits per heavy atom. The molecule has 0 aliphatic carbocycles. The number of alkyl halides is 1. The lowest BCUT2D eigenvalue weighted by Crippen LogP contribution is -2.40. The summed E-state index contributed by atoms with van der Waals surface area (Å²) >= 11 is 0. The van der Waals surface area contributed by atoms with E-state index in [1.54, 1.807) is 59.5 Å². The van der Waals surface area contributed by atoms with E-state index in [1.165, 1.54) is 6.26 Å². The lowest BCUT2D eigenvalue weighted by atomic mass is 9.97. The van der Waals surface area contributed by atoms with Crippen molar-refractivity contribution < 1.29 is 28.3 Å². The van der Waals surface area contributed by atoms with Gasteiger partial charge in [0.2, 0.25) is 12.1 Å². The molecule has 8 nitrogen and oxygen atoms in total. The molecule has 4 rings (SSSR count). The average Bonchev–Trinajstić information content (AvgIpc) is 3.37. The van der Waals surface area contributed by atoms with Crippen LogP contribution in [-0.4, -0.2) is 45.9 Å². The SMILES string of the molecule is O=C(O)C1CCN(C(=O)c2coc(-c3ccc(CNC(=O)C(F)c4ccccc4)cc3)n2)CC1. The van der Waals surface area contributed by atoms with Crippen molar-refractivity contribution in [1.29, 1.82) is 0 Å². The van der Waals surface area contributed by atoms with E-state index in [-0.39, 0.29) is 24.0 Å². The van der Waals surface area contributed by atoms with Gasteiger partial charge in [0.25, 0.3) is 11.8 Å². The minimum absolute atomic E-state index is 0.161. The fourth-order valence-electron chi connectivity index (χ4n) is 3.81. The molecule has 0 radical (unpaired) electrons. The highest BCUT2D eigenvalue weighted by Gasteiger charge is 2.29. The molecular weight excluding hydrogens is 441 g/mol. The highest BCUT2D eigenvalue weighted by Crippen LogP contribution is 2.23. The van der Waals surface area contributed by atoms with E-state index in [0.29, 0.717) is 37.1 Å². The molecule has 1 fully saturated rings. The molecule has 1 saturated heterocycles. The predicted molar refractivity (Wildman–Crippen MR) is 120 cm³/mol. The predicted octanol–water partition coefficient (Wildman–Crippen LogP) is 3.61. The van der Waals surface area contributed by atoms with E-state index in [2.05, 4.69) is 10.3 Å². The lowest BCUT2D eigenvalue weighted by molar-refractivity contribution is -0.143. The molecule has 0 saturated carbocycles. The zero-order valence-corrected chi connectivity index (χ0v) is 18.3. The van der Waals surface area contributed by atoms with Gasteiger partial charge in [-0.25, -0.2) is 9.37 Å². The first-order valence-corrected chi connectivity index (χ1v) is 11.0. The number of aromatic nitrogens is 1. The monoisotopic (exact) mass is 465 g/mol. The first-order chi connectivity index (χ1) is 16.4. The molecule has 2 N–H and O–H groups in total. The molecule has 1 unspecified atom stereocenters. The summed E-state index contributed by atoms with van der Waals surface area (Å²) in [5, 5.41) is 11.7. The third-order valence-electron chi connectivity index (χ3n) is 5.84. The molecule has 1 atom stereocenters. The molecule has 2 heterocycles. The second-order valence-electron chi connectivity index (χ2n) is 8.13. The average molecular weight is 465 g/mol. The third kappa shape index (κ3) is 5.31. The van der Waals surface area contributed by atoms with Crippen molar-refractivity contribution >= 4 is 17.8 Å². The Labute approximate surface area is 195 Å². The van der Waals surface area contributed by atoms with Crippen molar-refractivity contribution in [3.05, 3.63) is 77.7 Å². The van der Waals surface area contributed by atoms with Crippen molar-refractivity contribution in [1.82, 2.24) is 15.2 Å². The van der Waals surface area contributed by atoms with E-state index in [4.69, 9.17) is 9.52 Å². The number of amides is 2. The van der Waals surface area contributed by atoms with Crippen molar-refractivity contribution in [2.75, 3.05) is 13.1 Å². The number of carboxylic acid groups (broad SMARTS) is 1. The van der Waals surface area contributed by atoms with Crippen LogP contribution in [0.4, 0.5) is 4.39 Å². The number of hydrogen-bond donors (Lipinski definition) is 2. The van der Waals surface area contributed by atoms with Gasteiger partial charge in [0.1, 0.15) is 6.26 Å². The zero-order chi connectivity index (χ0) is 24.1. The number of rotatable bonds is 7. The maximum atomic E-state index is 14.3. The molecule has 0 bridgehead atoms. The van der Waals surface area contributed by atoms with Crippen LogP contribution in [0.25, 0.3) is 11.5 Å². The minimum atomic E-state index is -1.74. The Hall–Kier alpha value is -4.01. The van der Waals surface area contributed by atoms with Crippen LogP contribution in [0.2, 0.25) is 0 Å². The molecule has 2 aromatic carbocycles. The quantitative estimate of drug-likeness (QED) is 0.551.